The van der Waals surface area contributed by atoms with Crippen molar-refractivity contribution in [1.29, 1.82) is 0 Å². The number of hydrogen-bond acceptors (Lipinski definition) is 3. The molecule has 0 radical (unpaired) electrons. The maximum Gasteiger partial charge on any atom is 0.257 e. The number of amides is 1. The number of ether oxygens (including phenoxy) is 1. The fourth-order valence-corrected chi connectivity index (χ4v) is 1.54. The van der Waals surface area contributed by atoms with Crippen LogP contribution in [-0.4, -0.2) is 18.0 Å². The van der Waals surface area contributed by atoms with E-state index in [0.29, 0.717) is 11.4 Å². The van der Waals surface area contributed by atoms with E-state index in [1.54, 1.807) is 12.1 Å². The molecule has 4 nitrogen and oxygen atoms in total. The summed E-state index contributed by atoms with van der Waals surface area (Å²) in [7, 11) is 1.54. The molecule has 1 amide bonds. The zero-order chi connectivity index (χ0) is 13.0. The number of benzene rings is 1. The Hall–Kier alpha value is -2.36. The number of aryl methyl sites for hydroxylation is 1. The minimum atomic E-state index is -0.181. The number of methoxy groups -OCH3 is 1. The highest BCUT2D eigenvalue weighted by molar-refractivity contribution is 6.04. The number of carbonyl (C=O) groups is 1. The molecule has 0 saturated heterocycles. The molecule has 0 unspecified atom stereocenters. The highest BCUT2D eigenvalue weighted by Gasteiger charge is 2.07. The summed E-state index contributed by atoms with van der Waals surface area (Å²) in [6.45, 7) is 1.95. The first-order chi connectivity index (χ1) is 8.70. The third-order valence-electron chi connectivity index (χ3n) is 2.60. The van der Waals surface area contributed by atoms with Gasteiger partial charge < -0.3 is 10.1 Å². The number of hydrogen-bond donors (Lipinski definition) is 1. The minimum absolute atomic E-state index is 0.181. The van der Waals surface area contributed by atoms with Crippen LogP contribution >= 0.6 is 0 Å². The van der Waals surface area contributed by atoms with E-state index in [-0.39, 0.29) is 5.91 Å². The predicted molar refractivity (Wildman–Crippen MR) is 69.9 cm³/mol. The number of nitrogens with zero attached hydrogens (tertiary/aromatic N) is 1. The summed E-state index contributed by atoms with van der Waals surface area (Å²) >= 11 is 0. The number of carbonyl (C=O) groups excluding carboxylic acids is 1. The van der Waals surface area contributed by atoms with Gasteiger partial charge in [-0.1, -0.05) is 18.2 Å². The molecule has 0 atom stereocenters. The molecule has 0 spiro atoms. The molecule has 2 aromatic rings. The Morgan fingerprint density at radius 3 is 2.61 bits per heavy atom. The highest BCUT2D eigenvalue weighted by atomic mass is 16.5. The maximum absolute atomic E-state index is 12.0. The van der Waals surface area contributed by atoms with Gasteiger partial charge in [-0.3, -0.25) is 4.79 Å². The van der Waals surface area contributed by atoms with E-state index in [1.165, 1.54) is 13.3 Å². The second kappa shape index (κ2) is 5.31. The molecule has 0 aliphatic carbocycles. The van der Waals surface area contributed by atoms with Crippen molar-refractivity contribution >= 4 is 11.6 Å². The van der Waals surface area contributed by atoms with Crippen LogP contribution in [0, 0.1) is 6.92 Å². The molecule has 2 rings (SSSR count). The normalized spacial score (nSPS) is 9.89. The third-order valence-corrected chi connectivity index (χ3v) is 2.60. The number of pyridine rings is 1. The summed E-state index contributed by atoms with van der Waals surface area (Å²) < 4.78 is 4.94. The van der Waals surface area contributed by atoms with Crippen LogP contribution in [0.2, 0.25) is 0 Å². The molecule has 18 heavy (non-hydrogen) atoms. The van der Waals surface area contributed by atoms with Gasteiger partial charge in [-0.05, 0) is 24.6 Å². The van der Waals surface area contributed by atoms with Gasteiger partial charge in [0.05, 0.1) is 12.7 Å². The van der Waals surface area contributed by atoms with Gasteiger partial charge >= 0.3 is 0 Å². The van der Waals surface area contributed by atoms with Crippen LogP contribution < -0.4 is 10.1 Å². The fourth-order valence-electron chi connectivity index (χ4n) is 1.54. The Kier molecular flexibility index (Phi) is 3.57. The van der Waals surface area contributed by atoms with Crippen molar-refractivity contribution in [1.82, 2.24) is 4.98 Å². The van der Waals surface area contributed by atoms with E-state index < -0.39 is 0 Å². The smallest absolute Gasteiger partial charge is 0.257 e. The molecule has 0 saturated carbocycles. The zero-order valence-corrected chi connectivity index (χ0v) is 10.3. The van der Waals surface area contributed by atoms with E-state index in [1.807, 2.05) is 31.2 Å². The van der Waals surface area contributed by atoms with Crippen LogP contribution in [0.1, 0.15) is 15.9 Å². The molecule has 0 aliphatic rings. The van der Waals surface area contributed by atoms with E-state index in [0.717, 1.165) is 11.3 Å². The largest absolute Gasteiger partial charge is 0.481 e. The van der Waals surface area contributed by atoms with Crippen molar-refractivity contribution < 1.29 is 9.53 Å². The lowest BCUT2D eigenvalue weighted by Crippen LogP contribution is -2.12. The molecule has 92 valence electrons. The van der Waals surface area contributed by atoms with E-state index in [9.17, 15) is 4.79 Å². The number of rotatable bonds is 3. The predicted octanol–water partition coefficient (Wildman–Crippen LogP) is 2.65. The molecular weight excluding hydrogens is 228 g/mol. The van der Waals surface area contributed by atoms with Crippen LogP contribution in [0.5, 0.6) is 5.88 Å². The van der Waals surface area contributed by atoms with E-state index >= 15 is 0 Å². The summed E-state index contributed by atoms with van der Waals surface area (Å²) in [4.78, 5) is 16.0. The molecule has 1 heterocycles. The van der Waals surface area contributed by atoms with Gasteiger partial charge in [-0.15, -0.1) is 0 Å². The van der Waals surface area contributed by atoms with Crippen molar-refractivity contribution in [2.24, 2.45) is 0 Å². The van der Waals surface area contributed by atoms with Gasteiger partial charge in [-0.2, -0.15) is 0 Å². The second-order valence-electron chi connectivity index (χ2n) is 3.86. The Morgan fingerprint density at radius 2 is 2.00 bits per heavy atom. The summed E-state index contributed by atoms with van der Waals surface area (Å²) in [5.41, 5.74) is 2.32. The van der Waals surface area contributed by atoms with Crippen molar-refractivity contribution in [3.63, 3.8) is 0 Å². The lowest BCUT2D eigenvalue weighted by Gasteiger charge is -2.08. The molecular formula is C14H14N2O2. The summed E-state index contributed by atoms with van der Waals surface area (Å²) in [6.07, 6.45) is 1.49. The minimum Gasteiger partial charge on any atom is -0.481 e. The maximum atomic E-state index is 12.0. The van der Waals surface area contributed by atoms with Crippen LogP contribution in [0.25, 0.3) is 0 Å². The van der Waals surface area contributed by atoms with Gasteiger partial charge in [0.1, 0.15) is 0 Å². The van der Waals surface area contributed by atoms with Gasteiger partial charge in [-0.25, -0.2) is 4.98 Å². The van der Waals surface area contributed by atoms with Gasteiger partial charge in [0.25, 0.3) is 5.91 Å². The Bertz CT molecular complexity index is 550. The quantitative estimate of drug-likeness (QED) is 0.900. The number of anilines is 1. The van der Waals surface area contributed by atoms with Gasteiger partial charge in [0, 0.05) is 18.0 Å². The lowest BCUT2D eigenvalue weighted by atomic mass is 10.2. The average molecular weight is 242 g/mol. The third kappa shape index (κ3) is 2.66. The number of para-hydroxylation sites is 1. The highest BCUT2D eigenvalue weighted by Crippen LogP contribution is 2.15. The van der Waals surface area contributed by atoms with Crippen LogP contribution in [0.3, 0.4) is 0 Å². The van der Waals surface area contributed by atoms with Crippen molar-refractivity contribution in [3.05, 3.63) is 53.7 Å². The SMILES string of the molecule is COc1ccc(C(=O)Nc2ccccc2C)cn1. The second-order valence-corrected chi connectivity index (χ2v) is 3.86. The van der Waals surface area contributed by atoms with E-state index in [2.05, 4.69) is 10.3 Å². The van der Waals surface area contributed by atoms with Crippen LogP contribution in [-0.2, 0) is 0 Å². The Morgan fingerprint density at radius 1 is 1.22 bits per heavy atom. The molecule has 0 fully saturated rings. The Balaban J connectivity index is 2.14. The lowest BCUT2D eigenvalue weighted by molar-refractivity contribution is 0.102. The van der Waals surface area contributed by atoms with Gasteiger partial charge in [0.2, 0.25) is 5.88 Å². The van der Waals surface area contributed by atoms with Crippen LogP contribution in [0.15, 0.2) is 42.6 Å². The van der Waals surface area contributed by atoms with Crippen molar-refractivity contribution in [3.8, 4) is 5.88 Å². The summed E-state index contributed by atoms with van der Waals surface area (Å²) in [5, 5.41) is 2.84. The first-order valence-corrected chi connectivity index (χ1v) is 5.58. The molecule has 4 heteroatoms. The molecule has 0 aliphatic heterocycles. The molecule has 1 aromatic heterocycles. The fraction of sp³-hybridized carbons (Fsp3) is 0.143. The topological polar surface area (TPSA) is 51.2 Å². The van der Waals surface area contributed by atoms with Gasteiger partial charge in [0.15, 0.2) is 0 Å². The zero-order valence-electron chi connectivity index (χ0n) is 10.3. The summed E-state index contributed by atoms with van der Waals surface area (Å²) in [5.74, 6) is 0.307. The monoisotopic (exact) mass is 242 g/mol. The summed E-state index contributed by atoms with van der Waals surface area (Å²) in [6, 6.07) is 11.0. The first-order valence-electron chi connectivity index (χ1n) is 5.58. The van der Waals surface area contributed by atoms with Crippen molar-refractivity contribution in [2.45, 2.75) is 6.92 Å². The Labute approximate surface area is 106 Å². The number of nitrogens with one attached hydrogen (secondary N) is 1. The average Bonchev–Trinajstić information content (AvgIpc) is 2.41. The standard InChI is InChI=1S/C14H14N2O2/c1-10-5-3-4-6-12(10)16-14(17)11-7-8-13(18-2)15-9-11/h3-9H,1-2H3,(H,16,17). The van der Waals surface area contributed by atoms with Crippen molar-refractivity contribution in [2.75, 3.05) is 12.4 Å². The van der Waals surface area contributed by atoms with Crippen LogP contribution in [0.4, 0.5) is 5.69 Å². The molecule has 1 N–H and O–H groups in total. The molecule has 0 bridgehead atoms. The first kappa shape index (κ1) is 12.1. The number of aromatic nitrogens is 1. The molecule has 1 aromatic carbocycles. The van der Waals surface area contributed by atoms with E-state index in [4.69, 9.17) is 4.74 Å².